The van der Waals surface area contributed by atoms with Crippen LogP contribution in [0.15, 0.2) is 30.3 Å². The van der Waals surface area contributed by atoms with Crippen LogP contribution in [0.2, 0.25) is 0 Å². The van der Waals surface area contributed by atoms with Crippen molar-refractivity contribution in [2.24, 2.45) is 5.92 Å². The van der Waals surface area contributed by atoms with Crippen LogP contribution in [-0.4, -0.2) is 22.6 Å². The zero-order valence-corrected chi connectivity index (χ0v) is 12.3. The van der Waals surface area contributed by atoms with Crippen LogP contribution in [0, 0.1) is 5.92 Å². The summed E-state index contributed by atoms with van der Waals surface area (Å²) < 4.78 is 5.29. The Labute approximate surface area is 119 Å². The summed E-state index contributed by atoms with van der Waals surface area (Å²) in [4.78, 5) is 22.9. The average Bonchev–Trinajstić information content (AvgIpc) is 2.33. The molecule has 1 rings (SSSR count). The first-order valence-corrected chi connectivity index (χ1v) is 6.76. The molecule has 0 bridgehead atoms. The van der Waals surface area contributed by atoms with Crippen LogP contribution in [-0.2, 0) is 20.7 Å². The second kappa shape index (κ2) is 7.08. The van der Waals surface area contributed by atoms with Gasteiger partial charge in [0.25, 0.3) is 0 Å². The van der Waals surface area contributed by atoms with Crippen molar-refractivity contribution in [3.63, 3.8) is 0 Å². The van der Waals surface area contributed by atoms with E-state index in [-0.39, 0.29) is 6.42 Å². The number of carboxylic acid groups (broad SMARTS) is 1. The molecule has 1 N–H and O–H groups in total. The monoisotopic (exact) mass is 278 g/mol. The second-order valence-electron chi connectivity index (χ2n) is 5.85. The highest BCUT2D eigenvalue weighted by Crippen LogP contribution is 2.19. The van der Waals surface area contributed by atoms with Gasteiger partial charge in [-0.3, -0.25) is 9.59 Å². The second-order valence-corrected chi connectivity index (χ2v) is 5.85. The summed E-state index contributed by atoms with van der Waals surface area (Å²) >= 11 is 0. The molecule has 0 aromatic heterocycles. The van der Waals surface area contributed by atoms with Crippen molar-refractivity contribution in [2.45, 2.75) is 45.6 Å². The molecule has 110 valence electrons. The van der Waals surface area contributed by atoms with E-state index in [1.807, 2.05) is 30.3 Å². The number of aliphatic carboxylic acids is 1. The zero-order valence-electron chi connectivity index (χ0n) is 12.3. The van der Waals surface area contributed by atoms with E-state index in [0.29, 0.717) is 12.8 Å². The Hall–Kier alpha value is -1.84. The van der Waals surface area contributed by atoms with Crippen molar-refractivity contribution in [1.82, 2.24) is 0 Å². The summed E-state index contributed by atoms with van der Waals surface area (Å²) in [7, 11) is 0. The van der Waals surface area contributed by atoms with Crippen molar-refractivity contribution < 1.29 is 19.4 Å². The fourth-order valence-electron chi connectivity index (χ4n) is 1.88. The molecule has 1 atom stereocenters. The lowest BCUT2D eigenvalue weighted by Crippen LogP contribution is -2.30. The number of esters is 1. The van der Waals surface area contributed by atoms with Gasteiger partial charge in [0.1, 0.15) is 5.60 Å². The van der Waals surface area contributed by atoms with Gasteiger partial charge < -0.3 is 9.84 Å². The van der Waals surface area contributed by atoms with Crippen LogP contribution in [0.1, 0.15) is 39.2 Å². The van der Waals surface area contributed by atoms with Crippen LogP contribution in [0.25, 0.3) is 0 Å². The summed E-state index contributed by atoms with van der Waals surface area (Å²) in [5.41, 5.74) is 0.493. The number of carbonyl (C=O) groups excluding carboxylic acids is 1. The molecule has 0 saturated carbocycles. The van der Waals surface area contributed by atoms with Crippen LogP contribution < -0.4 is 0 Å². The normalized spacial score (nSPS) is 12.8. The van der Waals surface area contributed by atoms with Crippen molar-refractivity contribution >= 4 is 11.9 Å². The number of ether oxygens (including phenoxy) is 1. The van der Waals surface area contributed by atoms with Crippen molar-refractivity contribution in [3.05, 3.63) is 35.9 Å². The summed E-state index contributed by atoms with van der Waals surface area (Å²) in [5, 5.41) is 8.92. The predicted molar refractivity (Wildman–Crippen MR) is 76.4 cm³/mol. The van der Waals surface area contributed by atoms with Crippen LogP contribution >= 0.6 is 0 Å². The first kappa shape index (κ1) is 16.2. The number of aryl methyl sites for hydroxylation is 1. The number of carboxylic acids is 1. The molecular formula is C16H22O4. The highest BCUT2D eigenvalue weighted by atomic mass is 16.6. The van der Waals surface area contributed by atoms with Gasteiger partial charge in [-0.15, -0.1) is 0 Å². The average molecular weight is 278 g/mol. The molecule has 0 aliphatic carbocycles. The predicted octanol–water partition coefficient (Wildman–Crippen LogP) is 3.05. The Morgan fingerprint density at radius 3 is 2.30 bits per heavy atom. The Bertz CT molecular complexity index is 445. The SMILES string of the molecule is CC(C)(C)OC(=O)C(CCc1ccccc1)CC(=O)O. The minimum Gasteiger partial charge on any atom is -0.481 e. The van der Waals surface area contributed by atoms with E-state index in [4.69, 9.17) is 9.84 Å². The van der Waals surface area contributed by atoms with Gasteiger partial charge in [-0.2, -0.15) is 0 Å². The van der Waals surface area contributed by atoms with E-state index in [0.717, 1.165) is 5.56 Å². The summed E-state index contributed by atoms with van der Waals surface area (Å²) in [6.45, 7) is 5.33. The van der Waals surface area contributed by atoms with E-state index in [2.05, 4.69) is 0 Å². The van der Waals surface area contributed by atoms with Gasteiger partial charge in [-0.25, -0.2) is 0 Å². The number of hydrogen-bond acceptors (Lipinski definition) is 3. The molecule has 0 fully saturated rings. The first-order valence-electron chi connectivity index (χ1n) is 6.76. The quantitative estimate of drug-likeness (QED) is 0.812. The van der Waals surface area contributed by atoms with E-state index in [1.54, 1.807) is 20.8 Å². The van der Waals surface area contributed by atoms with Crippen LogP contribution in [0.4, 0.5) is 0 Å². The fraction of sp³-hybridized carbons (Fsp3) is 0.500. The molecule has 1 aromatic rings. The van der Waals surface area contributed by atoms with E-state index < -0.39 is 23.5 Å². The van der Waals surface area contributed by atoms with Crippen molar-refractivity contribution in [1.29, 1.82) is 0 Å². The van der Waals surface area contributed by atoms with Crippen molar-refractivity contribution in [2.75, 3.05) is 0 Å². The maximum Gasteiger partial charge on any atom is 0.310 e. The third-order valence-corrected chi connectivity index (χ3v) is 2.79. The van der Waals surface area contributed by atoms with Gasteiger partial charge in [-0.05, 0) is 39.2 Å². The molecule has 0 saturated heterocycles. The third-order valence-electron chi connectivity index (χ3n) is 2.79. The van der Waals surface area contributed by atoms with Crippen molar-refractivity contribution in [3.8, 4) is 0 Å². The highest BCUT2D eigenvalue weighted by molar-refractivity contribution is 5.79. The molecule has 1 unspecified atom stereocenters. The number of rotatable bonds is 6. The van der Waals surface area contributed by atoms with Gasteiger partial charge >= 0.3 is 11.9 Å². The minimum atomic E-state index is -0.978. The lowest BCUT2D eigenvalue weighted by Gasteiger charge is -2.23. The van der Waals surface area contributed by atoms with E-state index >= 15 is 0 Å². The zero-order chi connectivity index (χ0) is 15.2. The topological polar surface area (TPSA) is 63.6 Å². The molecule has 1 aromatic carbocycles. The Morgan fingerprint density at radius 1 is 1.20 bits per heavy atom. The standard InChI is InChI=1S/C16H22O4/c1-16(2,3)20-15(19)13(11-14(17)18)10-9-12-7-5-4-6-8-12/h4-8,13H,9-11H2,1-3H3,(H,17,18). The summed E-state index contributed by atoms with van der Waals surface area (Å²) in [6, 6.07) is 9.70. The molecule has 20 heavy (non-hydrogen) atoms. The van der Waals surface area contributed by atoms with Crippen LogP contribution in [0.3, 0.4) is 0 Å². The summed E-state index contributed by atoms with van der Waals surface area (Å²) in [6.07, 6.45) is 0.949. The number of hydrogen-bond donors (Lipinski definition) is 1. The van der Waals surface area contributed by atoms with Gasteiger partial charge in [-0.1, -0.05) is 30.3 Å². The molecule has 4 heteroatoms. The third kappa shape index (κ3) is 6.36. The fourth-order valence-corrected chi connectivity index (χ4v) is 1.88. The summed E-state index contributed by atoms with van der Waals surface area (Å²) in [5.74, 6) is -2.02. The largest absolute Gasteiger partial charge is 0.481 e. The van der Waals surface area contributed by atoms with Gasteiger partial charge in [0.2, 0.25) is 0 Å². The number of benzene rings is 1. The molecule has 0 heterocycles. The molecule has 0 radical (unpaired) electrons. The Morgan fingerprint density at radius 2 is 1.80 bits per heavy atom. The maximum absolute atomic E-state index is 12.0. The molecule has 0 spiro atoms. The Kier molecular flexibility index (Phi) is 5.74. The molecular weight excluding hydrogens is 256 g/mol. The lowest BCUT2D eigenvalue weighted by atomic mass is 9.96. The highest BCUT2D eigenvalue weighted by Gasteiger charge is 2.26. The molecule has 0 aliphatic rings. The van der Waals surface area contributed by atoms with E-state index in [1.165, 1.54) is 0 Å². The molecule has 4 nitrogen and oxygen atoms in total. The van der Waals surface area contributed by atoms with Gasteiger partial charge in [0, 0.05) is 0 Å². The smallest absolute Gasteiger partial charge is 0.310 e. The lowest BCUT2D eigenvalue weighted by molar-refractivity contribution is -0.163. The van der Waals surface area contributed by atoms with E-state index in [9.17, 15) is 9.59 Å². The minimum absolute atomic E-state index is 0.193. The van der Waals surface area contributed by atoms with Crippen LogP contribution in [0.5, 0.6) is 0 Å². The maximum atomic E-state index is 12.0. The first-order chi connectivity index (χ1) is 9.28. The molecule has 0 aliphatic heterocycles. The van der Waals surface area contributed by atoms with Gasteiger partial charge in [0.15, 0.2) is 0 Å². The molecule has 0 amide bonds. The van der Waals surface area contributed by atoms with Gasteiger partial charge in [0.05, 0.1) is 12.3 Å². The Balaban J connectivity index is 2.64. The number of carbonyl (C=O) groups is 2.